The molecule has 1 aliphatic carbocycles. The van der Waals surface area contributed by atoms with Gasteiger partial charge >= 0.3 is 5.97 Å². The van der Waals surface area contributed by atoms with Gasteiger partial charge in [-0.25, -0.2) is 13.1 Å². The van der Waals surface area contributed by atoms with Gasteiger partial charge in [0.05, 0.1) is 17.4 Å². The van der Waals surface area contributed by atoms with Gasteiger partial charge < -0.3 is 10.1 Å². The van der Waals surface area contributed by atoms with Crippen LogP contribution in [0, 0.1) is 0 Å². The Morgan fingerprint density at radius 3 is 2.60 bits per heavy atom. The van der Waals surface area contributed by atoms with E-state index in [-0.39, 0.29) is 29.8 Å². The highest BCUT2D eigenvalue weighted by atomic mass is 35.5. The fourth-order valence-corrected chi connectivity index (χ4v) is 4.50. The quantitative estimate of drug-likeness (QED) is 0.602. The smallest absolute Gasteiger partial charge is 0.307 e. The van der Waals surface area contributed by atoms with Gasteiger partial charge in [0.1, 0.15) is 0 Å². The third kappa shape index (κ3) is 6.04. The topological polar surface area (TPSA) is 102 Å². The van der Waals surface area contributed by atoms with E-state index in [0.717, 1.165) is 24.8 Å². The highest BCUT2D eigenvalue weighted by Gasteiger charge is 2.22. The second kappa shape index (κ2) is 10.1. The molecule has 1 aliphatic rings. The van der Waals surface area contributed by atoms with Crippen molar-refractivity contribution in [3.05, 3.63) is 64.7 Å². The molecule has 2 aromatic rings. The van der Waals surface area contributed by atoms with Gasteiger partial charge in [-0.3, -0.25) is 9.59 Å². The Morgan fingerprint density at radius 1 is 1.10 bits per heavy atom. The fourth-order valence-electron chi connectivity index (χ4n) is 3.34. The lowest BCUT2D eigenvalue weighted by Crippen LogP contribution is -2.34. The van der Waals surface area contributed by atoms with Crippen LogP contribution in [0.1, 0.15) is 36.4 Å². The summed E-state index contributed by atoms with van der Waals surface area (Å²) in [6.45, 7) is -0.539. The third-order valence-electron chi connectivity index (χ3n) is 4.81. The highest BCUT2D eigenvalue weighted by molar-refractivity contribution is 7.89. The Hall–Kier alpha value is -2.42. The minimum atomic E-state index is -3.75. The van der Waals surface area contributed by atoms with E-state index in [1.54, 1.807) is 0 Å². The van der Waals surface area contributed by atoms with E-state index in [1.807, 2.05) is 18.2 Å². The van der Waals surface area contributed by atoms with E-state index >= 15 is 0 Å². The lowest BCUT2D eigenvalue weighted by molar-refractivity contribution is -0.148. The largest absolute Gasteiger partial charge is 0.456 e. The lowest BCUT2D eigenvalue weighted by Gasteiger charge is -2.26. The van der Waals surface area contributed by atoms with Crippen LogP contribution in [-0.4, -0.2) is 33.4 Å². The molecule has 1 atom stereocenters. The molecule has 0 aromatic heterocycles. The van der Waals surface area contributed by atoms with Crippen LogP contribution in [0.25, 0.3) is 0 Å². The Kier molecular flexibility index (Phi) is 7.47. The van der Waals surface area contributed by atoms with Crippen LogP contribution in [0.3, 0.4) is 0 Å². The number of sulfonamides is 1. The van der Waals surface area contributed by atoms with Gasteiger partial charge in [-0.2, -0.15) is 0 Å². The first-order chi connectivity index (χ1) is 14.3. The van der Waals surface area contributed by atoms with Crippen LogP contribution in [0.15, 0.2) is 53.4 Å². The Balaban J connectivity index is 1.41. The number of aryl methyl sites for hydroxylation is 1. The summed E-state index contributed by atoms with van der Waals surface area (Å²) in [5.41, 5.74) is 2.32. The zero-order valence-corrected chi connectivity index (χ0v) is 17.8. The monoisotopic (exact) mass is 450 g/mol. The molecule has 3 rings (SSSR count). The molecule has 7 nitrogen and oxygen atoms in total. The summed E-state index contributed by atoms with van der Waals surface area (Å²) in [7, 11) is -3.75. The van der Waals surface area contributed by atoms with Gasteiger partial charge in [-0.1, -0.05) is 35.9 Å². The standard InChI is InChI=1S/C21H23ClN2O5S/c22-16-8-10-17(11-9-16)30(27,28)23-13-12-21(26)29-14-20(25)24-19-7-3-5-15-4-1-2-6-18(15)19/h1-2,4,6,8-11,19,23H,3,5,7,12-14H2,(H,24,25)/t19-/m0/s1. The number of hydrogen-bond acceptors (Lipinski definition) is 5. The number of nitrogens with one attached hydrogen (secondary N) is 2. The molecule has 0 fully saturated rings. The number of fused-ring (bicyclic) bond motifs is 1. The summed E-state index contributed by atoms with van der Waals surface area (Å²) >= 11 is 5.75. The summed E-state index contributed by atoms with van der Waals surface area (Å²) in [5, 5.41) is 3.32. The van der Waals surface area contributed by atoms with Crippen LogP contribution in [0.5, 0.6) is 0 Å². The average molecular weight is 451 g/mol. The summed E-state index contributed by atoms with van der Waals surface area (Å²) < 4.78 is 31.6. The van der Waals surface area contributed by atoms with E-state index in [2.05, 4.69) is 16.1 Å². The molecule has 0 spiro atoms. The van der Waals surface area contributed by atoms with Gasteiger partial charge in [0.2, 0.25) is 10.0 Å². The number of amides is 1. The molecule has 0 saturated heterocycles. The van der Waals surface area contributed by atoms with Crippen LogP contribution in [-0.2, 0) is 30.8 Å². The third-order valence-corrected chi connectivity index (χ3v) is 6.54. The molecule has 30 heavy (non-hydrogen) atoms. The van der Waals surface area contributed by atoms with E-state index in [9.17, 15) is 18.0 Å². The van der Waals surface area contributed by atoms with E-state index < -0.39 is 22.6 Å². The van der Waals surface area contributed by atoms with Crippen LogP contribution >= 0.6 is 11.6 Å². The number of carbonyl (C=O) groups is 2. The van der Waals surface area contributed by atoms with Crippen molar-refractivity contribution in [2.45, 2.75) is 36.6 Å². The zero-order chi connectivity index (χ0) is 21.6. The van der Waals surface area contributed by atoms with E-state index in [0.29, 0.717) is 5.02 Å². The molecule has 2 N–H and O–H groups in total. The maximum absolute atomic E-state index is 12.2. The Bertz CT molecular complexity index is 1010. The Morgan fingerprint density at radius 2 is 1.83 bits per heavy atom. The summed E-state index contributed by atoms with van der Waals surface area (Å²) in [6.07, 6.45) is 2.62. The zero-order valence-electron chi connectivity index (χ0n) is 16.3. The molecule has 0 radical (unpaired) electrons. The maximum Gasteiger partial charge on any atom is 0.307 e. The summed E-state index contributed by atoms with van der Waals surface area (Å²) in [4.78, 5) is 24.1. The van der Waals surface area contributed by atoms with Crippen molar-refractivity contribution in [2.24, 2.45) is 0 Å². The molecule has 2 aromatic carbocycles. The number of ether oxygens (including phenoxy) is 1. The Labute approximate surface area is 180 Å². The van der Waals surface area contributed by atoms with Gasteiger partial charge in [-0.15, -0.1) is 0 Å². The van der Waals surface area contributed by atoms with Crippen molar-refractivity contribution >= 4 is 33.5 Å². The van der Waals surface area contributed by atoms with Gasteiger partial charge in [0, 0.05) is 11.6 Å². The highest BCUT2D eigenvalue weighted by Crippen LogP contribution is 2.29. The average Bonchev–Trinajstić information content (AvgIpc) is 2.73. The summed E-state index contributed by atoms with van der Waals surface area (Å²) in [6, 6.07) is 13.6. The minimum absolute atomic E-state index is 0.0485. The molecule has 0 heterocycles. The molecule has 9 heteroatoms. The number of hydrogen-bond donors (Lipinski definition) is 2. The van der Waals surface area contributed by atoms with Crippen molar-refractivity contribution in [1.82, 2.24) is 10.0 Å². The molecular weight excluding hydrogens is 428 g/mol. The first-order valence-corrected chi connectivity index (χ1v) is 11.5. The SMILES string of the molecule is O=C(COC(=O)CCNS(=O)(=O)c1ccc(Cl)cc1)N[C@H]1CCCc2ccccc21. The van der Waals surface area contributed by atoms with E-state index in [1.165, 1.54) is 29.8 Å². The predicted octanol–water partition coefficient (Wildman–Crippen LogP) is 2.75. The first kappa shape index (κ1) is 22.3. The van der Waals surface area contributed by atoms with Crippen LogP contribution < -0.4 is 10.0 Å². The van der Waals surface area contributed by atoms with Gasteiger partial charge in [-0.05, 0) is 54.7 Å². The number of rotatable bonds is 8. The van der Waals surface area contributed by atoms with Crippen molar-refractivity contribution in [2.75, 3.05) is 13.2 Å². The first-order valence-electron chi connectivity index (χ1n) is 9.63. The maximum atomic E-state index is 12.2. The normalized spacial score (nSPS) is 15.8. The second-order valence-corrected chi connectivity index (χ2v) is 9.18. The van der Waals surface area contributed by atoms with Gasteiger partial charge in [0.25, 0.3) is 5.91 Å². The number of esters is 1. The molecule has 0 bridgehead atoms. The number of benzene rings is 2. The van der Waals surface area contributed by atoms with Crippen LogP contribution in [0.4, 0.5) is 0 Å². The molecular formula is C21H23ClN2O5S. The number of carbonyl (C=O) groups excluding carboxylic acids is 2. The molecule has 0 aliphatic heterocycles. The molecule has 0 saturated carbocycles. The molecule has 160 valence electrons. The predicted molar refractivity (Wildman–Crippen MR) is 112 cm³/mol. The lowest BCUT2D eigenvalue weighted by atomic mass is 9.88. The van der Waals surface area contributed by atoms with Gasteiger partial charge in [0.15, 0.2) is 6.61 Å². The van der Waals surface area contributed by atoms with E-state index in [4.69, 9.17) is 16.3 Å². The van der Waals surface area contributed by atoms with Crippen molar-refractivity contribution < 1.29 is 22.7 Å². The van der Waals surface area contributed by atoms with Crippen molar-refractivity contribution in [3.63, 3.8) is 0 Å². The number of halogens is 1. The van der Waals surface area contributed by atoms with Crippen molar-refractivity contribution in [1.29, 1.82) is 0 Å². The minimum Gasteiger partial charge on any atom is -0.456 e. The van der Waals surface area contributed by atoms with Crippen molar-refractivity contribution in [3.8, 4) is 0 Å². The molecule has 1 amide bonds. The molecule has 0 unspecified atom stereocenters. The fraction of sp³-hybridized carbons (Fsp3) is 0.333. The van der Waals surface area contributed by atoms with Crippen LogP contribution in [0.2, 0.25) is 5.02 Å². The summed E-state index contributed by atoms with van der Waals surface area (Å²) in [5.74, 6) is -1.04. The second-order valence-electron chi connectivity index (χ2n) is 6.97.